The van der Waals surface area contributed by atoms with Crippen molar-refractivity contribution >= 4 is 11.9 Å². The molecule has 3 aromatic carbocycles. The van der Waals surface area contributed by atoms with Gasteiger partial charge in [0.15, 0.2) is 0 Å². The van der Waals surface area contributed by atoms with Gasteiger partial charge in [-0.15, -0.1) is 0 Å². The smallest absolute Gasteiger partial charge is 0.346 e. The summed E-state index contributed by atoms with van der Waals surface area (Å²) in [4.78, 5) is 24.3. The Labute approximate surface area is 150 Å². The summed E-state index contributed by atoms with van der Waals surface area (Å²) in [5, 5.41) is 2.80. The summed E-state index contributed by atoms with van der Waals surface area (Å²) in [6, 6.07) is 21.3. The Morgan fingerprint density at radius 2 is 1.62 bits per heavy atom. The number of carbonyl (C=O) groups excluding carboxylic acids is 2. The van der Waals surface area contributed by atoms with E-state index < -0.39 is 11.8 Å². The van der Waals surface area contributed by atoms with Crippen LogP contribution in [0.15, 0.2) is 78.9 Å². The summed E-state index contributed by atoms with van der Waals surface area (Å²) in [6.07, 6.45) is 0. The number of esters is 1. The van der Waals surface area contributed by atoms with Crippen LogP contribution >= 0.6 is 0 Å². The fourth-order valence-electron chi connectivity index (χ4n) is 2.37. The van der Waals surface area contributed by atoms with E-state index in [0.29, 0.717) is 12.1 Å². The molecule has 0 aliphatic heterocycles. The van der Waals surface area contributed by atoms with Gasteiger partial charge < -0.3 is 10.1 Å². The molecule has 0 saturated carbocycles. The van der Waals surface area contributed by atoms with Crippen molar-refractivity contribution in [2.75, 3.05) is 0 Å². The molecule has 0 fully saturated rings. The van der Waals surface area contributed by atoms with Crippen LogP contribution in [0.3, 0.4) is 0 Å². The van der Waals surface area contributed by atoms with E-state index in [1.165, 1.54) is 30.3 Å². The highest BCUT2D eigenvalue weighted by molar-refractivity contribution is 5.95. The summed E-state index contributed by atoms with van der Waals surface area (Å²) in [7, 11) is 0. The molecule has 3 aromatic rings. The van der Waals surface area contributed by atoms with Crippen LogP contribution in [0, 0.1) is 5.82 Å². The number of rotatable bonds is 5. The molecule has 0 atom stereocenters. The first kappa shape index (κ1) is 17.4. The molecule has 0 heterocycles. The van der Waals surface area contributed by atoms with Crippen molar-refractivity contribution in [2.24, 2.45) is 0 Å². The average Bonchev–Trinajstić information content (AvgIpc) is 2.67. The molecule has 0 unspecified atom stereocenters. The van der Waals surface area contributed by atoms with Crippen LogP contribution in [0.2, 0.25) is 0 Å². The average molecular weight is 349 g/mol. The van der Waals surface area contributed by atoms with Crippen LogP contribution in [0.25, 0.3) is 0 Å². The van der Waals surface area contributed by atoms with Gasteiger partial charge in [-0.25, -0.2) is 9.18 Å². The van der Waals surface area contributed by atoms with E-state index in [1.807, 2.05) is 30.3 Å². The monoisotopic (exact) mass is 349 g/mol. The van der Waals surface area contributed by atoms with Crippen molar-refractivity contribution in [1.29, 1.82) is 0 Å². The molecule has 3 rings (SSSR count). The topological polar surface area (TPSA) is 55.4 Å². The molecule has 130 valence electrons. The summed E-state index contributed by atoms with van der Waals surface area (Å²) in [5.41, 5.74) is 1.16. The summed E-state index contributed by atoms with van der Waals surface area (Å²) < 4.78 is 18.8. The lowest BCUT2D eigenvalue weighted by Gasteiger charge is -2.08. The lowest BCUT2D eigenvalue weighted by atomic mass is 10.2. The first-order valence-electron chi connectivity index (χ1n) is 8.02. The highest BCUT2D eigenvalue weighted by atomic mass is 19.1. The molecule has 1 amide bonds. The van der Waals surface area contributed by atoms with Crippen molar-refractivity contribution < 1.29 is 18.7 Å². The maximum Gasteiger partial charge on any atom is 0.346 e. The second kappa shape index (κ2) is 8.07. The van der Waals surface area contributed by atoms with E-state index in [4.69, 9.17) is 4.74 Å². The van der Waals surface area contributed by atoms with Gasteiger partial charge in [-0.1, -0.05) is 48.5 Å². The van der Waals surface area contributed by atoms with Crippen LogP contribution in [0.1, 0.15) is 26.3 Å². The predicted molar refractivity (Wildman–Crippen MR) is 95.4 cm³/mol. The van der Waals surface area contributed by atoms with Gasteiger partial charge in [-0.3, -0.25) is 4.79 Å². The minimum atomic E-state index is -0.815. The van der Waals surface area contributed by atoms with Gasteiger partial charge in [-0.2, -0.15) is 0 Å². The number of halogens is 1. The number of amides is 1. The number of carbonyl (C=O) groups is 2. The molecular weight excluding hydrogens is 333 g/mol. The minimum Gasteiger partial charge on any atom is -0.423 e. The van der Waals surface area contributed by atoms with Crippen LogP contribution in [-0.2, 0) is 6.54 Å². The van der Waals surface area contributed by atoms with Gasteiger partial charge in [0.05, 0.1) is 5.56 Å². The largest absolute Gasteiger partial charge is 0.423 e. The highest BCUT2D eigenvalue weighted by Crippen LogP contribution is 2.16. The molecule has 0 aliphatic carbocycles. The molecule has 0 aromatic heterocycles. The molecular formula is C21H16FNO3. The van der Waals surface area contributed by atoms with E-state index in [2.05, 4.69) is 5.32 Å². The molecule has 0 saturated heterocycles. The molecule has 4 nitrogen and oxygen atoms in total. The fraction of sp³-hybridized carbons (Fsp3) is 0.0476. The number of hydrogen-bond donors (Lipinski definition) is 1. The van der Waals surface area contributed by atoms with Crippen molar-refractivity contribution in [2.45, 2.75) is 6.54 Å². The minimum absolute atomic E-state index is 0.161. The molecule has 0 bridgehead atoms. The fourth-order valence-corrected chi connectivity index (χ4v) is 2.37. The van der Waals surface area contributed by atoms with Gasteiger partial charge in [0.25, 0.3) is 5.91 Å². The van der Waals surface area contributed by atoms with E-state index in [1.54, 1.807) is 18.2 Å². The molecule has 1 N–H and O–H groups in total. The third kappa shape index (κ3) is 4.33. The van der Waals surface area contributed by atoms with Gasteiger partial charge >= 0.3 is 5.97 Å². The van der Waals surface area contributed by atoms with E-state index >= 15 is 0 Å². The van der Waals surface area contributed by atoms with Crippen molar-refractivity contribution in [3.05, 3.63) is 101 Å². The number of ether oxygens (including phenoxy) is 1. The van der Waals surface area contributed by atoms with E-state index in [0.717, 1.165) is 5.56 Å². The molecule has 0 spiro atoms. The highest BCUT2D eigenvalue weighted by Gasteiger charge is 2.14. The first-order valence-corrected chi connectivity index (χ1v) is 8.02. The van der Waals surface area contributed by atoms with Crippen LogP contribution < -0.4 is 10.1 Å². The van der Waals surface area contributed by atoms with Gasteiger partial charge in [0.2, 0.25) is 0 Å². The molecule has 26 heavy (non-hydrogen) atoms. The molecule has 0 radical (unpaired) electrons. The number of nitrogens with one attached hydrogen (secondary N) is 1. The van der Waals surface area contributed by atoms with Gasteiger partial charge in [-0.05, 0) is 35.9 Å². The third-order valence-corrected chi connectivity index (χ3v) is 3.70. The Kier molecular flexibility index (Phi) is 5.39. The Morgan fingerprint density at radius 1 is 0.885 bits per heavy atom. The van der Waals surface area contributed by atoms with Crippen LogP contribution in [-0.4, -0.2) is 11.9 Å². The zero-order valence-corrected chi connectivity index (χ0v) is 13.8. The van der Waals surface area contributed by atoms with Gasteiger partial charge in [0.1, 0.15) is 11.6 Å². The van der Waals surface area contributed by atoms with Gasteiger partial charge in [0, 0.05) is 12.1 Å². The summed E-state index contributed by atoms with van der Waals surface area (Å²) in [5.74, 6) is -1.59. The molecule has 5 heteroatoms. The van der Waals surface area contributed by atoms with E-state index in [9.17, 15) is 14.0 Å². The normalized spacial score (nSPS) is 10.2. The van der Waals surface area contributed by atoms with Crippen LogP contribution in [0.4, 0.5) is 4.39 Å². The Bertz CT molecular complexity index is 925. The zero-order chi connectivity index (χ0) is 18.4. The Balaban J connectivity index is 1.67. The Hall–Kier alpha value is -3.47. The lowest BCUT2D eigenvalue weighted by molar-refractivity contribution is 0.0728. The summed E-state index contributed by atoms with van der Waals surface area (Å²) >= 11 is 0. The first-order chi connectivity index (χ1) is 12.6. The number of benzene rings is 3. The van der Waals surface area contributed by atoms with Crippen LogP contribution in [0.5, 0.6) is 5.75 Å². The predicted octanol–water partition coefficient (Wildman–Crippen LogP) is 3.97. The second-order valence-corrected chi connectivity index (χ2v) is 5.57. The van der Waals surface area contributed by atoms with E-state index in [-0.39, 0.29) is 17.2 Å². The lowest BCUT2D eigenvalue weighted by Crippen LogP contribution is -2.22. The second-order valence-electron chi connectivity index (χ2n) is 5.57. The maximum absolute atomic E-state index is 13.6. The number of hydrogen-bond acceptors (Lipinski definition) is 3. The standard InChI is InChI=1S/C21H16FNO3/c22-19-12-5-4-11-18(19)21(25)26-17-10-6-9-16(13-17)20(24)23-14-15-7-2-1-3-8-15/h1-13H,14H2,(H,23,24). The maximum atomic E-state index is 13.6. The van der Waals surface area contributed by atoms with Crippen molar-refractivity contribution in [1.82, 2.24) is 5.32 Å². The van der Waals surface area contributed by atoms with Crippen molar-refractivity contribution in [3.8, 4) is 5.75 Å². The van der Waals surface area contributed by atoms with Crippen molar-refractivity contribution in [3.63, 3.8) is 0 Å². The Morgan fingerprint density at radius 3 is 2.38 bits per heavy atom. The SMILES string of the molecule is O=C(NCc1ccccc1)c1cccc(OC(=O)c2ccccc2F)c1. The molecule has 0 aliphatic rings. The quantitative estimate of drug-likeness (QED) is 0.560. The third-order valence-electron chi connectivity index (χ3n) is 3.70. The zero-order valence-electron chi connectivity index (χ0n) is 13.8. The summed E-state index contributed by atoms with van der Waals surface area (Å²) in [6.45, 7) is 0.388.